The molecule has 0 bridgehead atoms. The van der Waals surface area contributed by atoms with E-state index in [2.05, 4.69) is 0 Å². The van der Waals surface area contributed by atoms with E-state index in [1.165, 1.54) is 12.1 Å². The number of hydrogen-bond acceptors (Lipinski definition) is 8. The average Bonchev–Trinajstić information content (AvgIpc) is 2.98. The number of nitrogens with zero attached hydrogens (tertiary/aromatic N) is 1. The van der Waals surface area contributed by atoms with Crippen molar-refractivity contribution < 1.29 is 36.8 Å². The van der Waals surface area contributed by atoms with Crippen LogP contribution in [0, 0.1) is 5.82 Å². The highest BCUT2D eigenvalue weighted by Crippen LogP contribution is 2.55. The lowest BCUT2D eigenvalue weighted by Gasteiger charge is -2.27. The Kier molecular flexibility index (Phi) is 5.33. The van der Waals surface area contributed by atoms with E-state index in [0.29, 0.717) is 21.4 Å². The number of nitrogens with one attached hydrogen (secondary N) is 1. The molecule has 0 aliphatic carbocycles. The van der Waals surface area contributed by atoms with E-state index in [0.717, 1.165) is 0 Å². The zero-order valence-electron chi connectivity index (χ0n) is 14.9. The molecule has 2 aliphatic rings. The van der Waals surface area contributed by atoms with E-state index in [1.54, 1.807) is 11.1 Å². The Morgan fingerprint density at radius 1 is 1.43 bits per heavy atom. The minimum atomic E-state index is -4.21. The molecule has 4 rings (SSSR count). The molecule has 2 aromatic rings. The van der Waals surface area contributed by atoms with E-state index < -0.39 is 56.1 Å². The third-order valence-corrected chi connectivity index (χ3v) is 5.97. The zero-order chi connectivity index (χ0) is 21.7. The largest absolute Gasteiger partial charge is 0.530 e. The smallest absolute Gasteiger partial charge is 0.404 e. The fraction of sp³-hybridized carbons (Fsp3) is 0.375. The van der Waals surface area contributed by atoms with Crippen molar-refractivity contribution in [2.24, 2.45) is 0 Å². The number of fused-ring (bicyclic) bond motifs is 1. The van der Waals surface area contributed by atoms with Gasteiger partial charge < -0.3 is 14.4 Å². The van der Waals surface area contributed by atoms with E-state index in [4.69, 9.17) is 29.9 Å². The molecule has 0 saturated carbocycles. The summed E-state index contributed by atoms with van der Waals surface area (Å²) in [6, 6.07) is 4.48. The quantitative estimate of drug-likeness (QED) is 0.655. The monoisotopic (exact) mass is 466 g/mol. The van der Waals surface area contributed by atoms with Crippen LogP contribution in [-0.2, 0) is 25.0 Å². The van der Waals surface area contributed by atoms with Crippen LogP contribution in [-0.4, -0.2) is 33.2 Å². The summed E-state index contributed by atoms with van der Waals surface area (Å²) in [4.78, 5) is 24.6. The first-order chi connectivity index (χ1) is 14.1. The van der Waals surface area contributed by atoms with E-state index in [-0.39, 0.29) is 12.4 Å². The number of aromatic amines is 1. The molecule has 0 spiro atoms. The summed E-state index contributed by atoms with van der Waals surface area (Å²) in [5.41, 5.74) is -1.87. The first kappa shape index (κ1) is 21.2. The second-order valence-corrected chi connectivity index (χ2v) is 8.67. The number of aliphatic hydroxyl groups excluding tert-OH is 1. The number of hydrogen-bond donors (Lipinski definition) is 2. The maximum absolute atomic E-state index is 15.0. The average molecular weight is 467 g/mol. The molecular weight excluding hydrogens is 453 g/mol. The van der Waals surface area contributed by atoms with Gasteiger partial charge in [0.15, 0.2) is 6.23 Å². The van der Waals surface area contributed by atoms with Gasteiger partial charge in [0.2, 0.25) is 11.7 Å². The Balaban J connectivity index is 1.47. The number of aliphatic hydroxyl groups is 1. The summed E-state index contributed by atoms with van der Waals surface area (Å²) in [5.74, 6) is -3.85. The molecule has 30 heavy (non-hydrogen) atoms. The van der Waals surface area contributed by atoms with Gasteiger partial charge in [-0.25, -0.2) is 13.8 Å². The molecule has 2 N–H and O–H groups in total. The lowest BCUT2D eigenvalue weighted by atomic mass is 10.2. The van der Waals surface area contributed by atoms with Crippen molar-refractivity contribution in [1.29, 1.82) is 0 Å². The van der Waals surface area contributed by atoms with Crippen molar-refractivity contribution in [3.63, 3.8) is 0 Å². The first-order valence-electron chi connectivity index (χ1n) is 8.50. The van der Waals surface area contributed by atoms with Crippen LogP contribution in [0.2, 0.25) is 5.02 Å². The summed E-state index contributed by atoms with van der Waals surface area (Å²) < 4.78 is 61.9. The van der Waals surface area contributed by atoms with Gasteiger partial charge in [-0.1, -0.05) is 11.6 Å². The van der Waals surface area contributed by atoms with Crippen LogP contribution in [0.15, 0.2) is 34.0 Å². The Bertz CT molecular complexity index is 1160. The van der Waals surface area contributed by atoms with Crippen LogP contribution in [0.4, 0.5) is 8.78 Å². The third-order valence-electron chi connectivity index (χ3n) is 4.42. The topological polar surface area (TPSA) is 129 Å². The molecule has 0 amide bonds. The van der Waals surface area contributed by atoms with Gasteiger partial charge >= 0.3 is 13.5 Å². The highest BCUT2D eigenvalue weighted by Gasteiger charge is 2.50. The van der Waals surface area contributed by atoms with Gasteiger partial charge in [0, 0.05) is 17.0 Å². The van der Waals surface area contributed by atoms with Crippen LogP contribution < -0.4 is 15.8 Å². The van der Waals surface area contributed by atoms with Crippen LogP contribution in [0.5, 0.6) is 5.75 Å². The SMILES string of the molecule is O=c1[nH]c(=O)n([C@@H]2O[C@](F)(COP3(=O)OCc4cc(Cl)ccc4O3)C[C@H]2O)cc1F. The number of phosphoric acid groups is 1. The van der Waals surface area contributed by atoms with Gasteiger partial charge in [-0.05, 0) is 18.2 Å². The second kappa shape index (κ2) is 7.56. The molecular formula is C16H14ClF2N2O8P. The van der Waals surface area contributed by atoms with Gasteiger partial charge in [0.25, 0.3) is 5.56 Å². The number of halogens is 3. The number of ether oxygens (including phenoxy) is 1. The van der Waals surface area contributed by atoms with Gasteiger partial charge in [0.1, 0.15) is 18.5 Å². The molecule has 14 heteroatoms. The number of alkyl halides is 1. The summed E-state index contributed by atoms with van der Waals surface area (Å²) in [6.45, 7) is -1.15. The first-order valence-corrected chi connectivity index (χ1v) is 10.3. The Hall–Kier alpha value is -2.08. The molecule has 0 radical (unpaired) electrons. The number of aromatic nitrogens is 2. The Morgan fingerprint density at radius 2 is 2.20 bits per heavy atom. The third kappa shape index (κ3) is 4.07. The molecule has 3 heterocycles. The van der Waals surface area contributed by atoms with Gasteiger partial charge in [-0.3, -0.25) is 23.4 Å². The molecule has 2 aliphatic heterocycles. The van der Waals surface area contributed by atoms with Crippen LogP contribution in [0.3, 0.4) is 0 Å². The maximum atomic E-state index is 15.0. The fourth-order valence-electron chi connectivity index (χ4n) is 3.03. The number of phosphoric ester groups is 1. The minimum Gasteiger partial charge on any atom is -0.404 e. The molecule has 10 nitrogen and oxygen atoms in total. The Morgan fingerprint density at radius 3 is 2.97 bits per heavy atom. The molecule has 1 unspecified atom stereocenters. The summed E-state index contributed by atoms with van der Waals surface area (Å²) >= 11 is 5.85. The van der Waals surface area contributed by atoms with Crippen molar-refractivity contribution in [3.05, 3.63) is 61.6 Å². The minimum absolute atomic E-state index is 0.162. The predicted molar refractivity (Wildman–Crippen MR) is 96.3 cm³/mol. The van der Waals surface area contributed by atoms with Crippen molar-refractivity contribution >= 4 is 19.4 Å². The van der Waals surface area contributed by atoms with Gasteiger partial charge in [-0.15, -0.1) is 0 Å². The van der Waals surface area contributed by atoms with E-state index in [9.17, 15) is 23.7 Å². The van der Waals surface area contributed by atoms with Crippen molar-refractivity contribution in [2.75, 3.05) is 6.61 Å². The predicted octanol–water partition coefficient (Wildman–Crippen LogP) is 2.01. The molecule has 1 aromatic heterocycles. The molecule has 4 atom stereocenters. The lowest BCUT2D eigenvalue weighted by molar-refractivity contribution is -0.179. The summed E-state index contributed by atoms with van der Waals surface area (Å²) in [7, 11) is -4.21. The lowest BCUT2D eigenvalue weighted by Crippen LogP contribution is -2.37. The van der Waals surface area contributed by atoms with Crippen LogP contribution in [0.25, 0.3) is 0 Å². The number of rotatable bonds is 4. The van der Waals surface area contributed by atoms with E-state index >= 15 is 4.39 Å². The number of H-pyrrole nitrogens is 1. The Labute approximate surface area is 171 Å². The number of benzene rings is 1. The zero-order valence-corrected chi connectivity index (χ0v) is 16.6. The fourth-order valence-corrected chi connectivity index (χ4v) is 4.47. The highest BCUT2D eigenvalue weighted by molar-refractivity contribution is 7.49. The van der Waals surface area contributed by atoms with Gasteiger partial charge in [-0.2, -0.15) is 4.39 Å². The van der Waals surface area contributed by atoms with Crippen molar-refractivity contribution in [2.45, 2.75) is 31.2 Å². The van der Waals surface area contributed by atoms with Crippen LogP contribution >= 0.6 is 19.4 Å². The second-order valence-electron chi connectivity index (χ2n) is 6.64. The van der Waals surface area contributed by atoms with Crippen molar-refractivity contribution in [3.8, 4) is 5.75 Å². The van der Waals surface area contributed by atoms with E-state index in [1.807, 2.05) is 0 Å². The standard InChI is InChI=1S/C16H14ClF2N2O8P/c17-9-1-2-12-8(3-9)6-26-30(25,29-12)27-7-16(19)4-11(22)14(28-16)21-5-10(18)13(23)20-15(21)24/h1-3,5,11,14,22H,4,6-7H2,(H,20,23,24)/t11-,14-,16+,30?/m1/s1. The highest BCUT2D eigenvalue weighted by atomic mass is 35.5. The van der Waals surface area contributed by atoms with Gasteiger partial charge in [0.05, 0.1) is 12.8 Å². The maximum Gasteiger partial charge on any atom is 0.530 e. The van der Waals surface area contributed by atoms with Crippen molar-refractivity contribution in [1.82, 2.24) is 9.55 Å². The summed E-state index contributed by atoms with van der Waals surface area (Å²) in [5, 5.41) is 10.5. The molecule has 162 valence electrons. The molecule has 1 saturated heterocycles. The summed E-state index contributed by atoms with van der Waals surface area (Å²) in [6.07, 6.45) is -3.47. The normalized spacial score (nSPS) is 30.7. The molecule has 1 aromatic carbocycles. The van der Waals surface area contributed by atoms with Crippen LogP contribution in [0.1, 0.15) is 18.2 Å². The molecule has 1 fully saturated rings.